The monoisotopic (exact) mass is 192 g/mol. The van der Waals surface area contributed by atoms with Gasteiger partial charge < -0.3 is 4.90 Å². The standard InChI is InChI=1S/C7H16N2O2S/c1-8-4-3-7(5-8)6-9(2)12(10)11/h7H,3-6H2,1-2H3,(H,10,11)/t7-/m0/s1. The van der Waals surface area contributed by atoms with Crippen LogP contribution in [0.5, 0.6) is 0 Å². The average molecular weight is 192 g/mol. The van der Waals surface area contributed by atoms with E-state index in [0.717, 1.165) is 19.5 Å². The molecule has 0 saturated carbocycles. The summed E-state index contributed by atoms with van der Waals surface area (Å²) in [7, 11) is 3.75. The third-order valence-corrected chi connectivity index (χ3v) is 2.95. The molecule has 0 radical (unpaired) electrons. The van der Waals surface area contributed by atoms with Crippen LogP contribution in [0.2, 0.25) is 0 Å². The molecule has 4 nitrogen and oxygen atoms in total. The maximum absolute atomic E-state index is 10.6. The summed E-state index contributed by atoms with van der Waals surface area (Å²) in [5, 5.41) is 0. The van der Waals surface area contributed by atoms with Gasteiger partial charge in [-0.05, 0) is 25.9 Å². The van der Waals surface area contributed by atoms with Gasteiger partial charge in [0.1, 0.15) is 0 Å². The van der Waals surface area contributed by atoms with Crippen molar-refractivity contribution in [2.45, 2.75) is 6.42 Å². The van der Waals surface area contributed by atoms with Crippen molar-refractivity contribution in [2.75, 3.05) is 33.7 Å². The van der Waals surface area contributed by atoms with E-state index in [4.69, 9.17) is 4.55 Å². The summed E-state index contributed by atoms with van der Waals surface area (Å²) in [5.41, 5.74) is 0. The van der Waals surface area contributed by atoms with Crippen LogP contribution < -0.4 is 0 Å². The Bertz CT molecular complexity index is 177. The zero-order valence-corrected chi connectivity index (χ0v) is 8.38. The Morgan fingerprint density at radius 1 is 1.75 bits per heavy atom. The molecule has 0 aliphatic carbocycles. The Labute approximate surface area is 76.0 Å². The Hall–Kier alpha value is 0.0300. The summed E-state index contributed by atoms with van der Waals surface area (Å²) < 4.78 is 20.8. The van der Waals surface area contributed by atoms with E-state index in [1.165, 1.54) is 4.31 Å². The van der Waals surface area contributed by atoms with Crippen molar-refractivity contribution in [1.82, 2.24) is 9.21 Å². The normalized spacial score (nSPS) is 28.2. The highest BCUT2D eigenvalue weighted by Gasteiger charge is 2.21. The first-order valence-electron chi connectivity index (χ1n) is 4.10. The van der Waals surface area contributed by atoms with Crippen LogP contribution in [0, 0.1) is 5.92 Å². The molecule has 1 unspecified atom stereocenters. The number of rotatable bonds is 3. The third kappa shape index (κ3) is 2.82. The van der Waals surface area contributed by atoms with Crippen LogP contribution in [0.3, 0.4) is 0 Å². The second-order valence-electron chi connectivity index (χ2n) is 3.46. The molecule has 12 heavy (non-hydrogen) atoms. The van der Waals surface area contributed by atoms with E-state index in [2.05, 4.69) is 11.9 Å². The minimum absolute atomic E-state index is 0.552. The molecule has 0 spiro atoms. The van der Waals surface area contributed by atoms with Gasteiger partial charge >= 0.3 is 0 Å². The predicted octanol–water partition coefficient (Wildman–Crippen LogP) is 0.00660. The summed E-state index contributed by atoms with van der Waals surface area (Å²) in [6, 6.07) is 0. The minimum Gasteiger partial charge on any atom is -0.306 e. The van der Waals surface area contributed by atoms with E-state index < -0.39 is 11.3 Å². The smallest absolute Gasteiger partial charge is 0.234 e. The van der Waals surface area contributed by atoms with Gasteiger partial charge in [0, 0.05) is 20.1 Å². The second kappa shape index (κ2) is 4.32. The summed E-state index contributed by atoms with van der Waals surface area (Å²) >= 11 is -1.80. The Balaban J connectivity index is 2.27. The molecule has 1 N–H and O–H groups in total. The van der Waals surface area contributed by atoms with Crippen LogP contribution in [-0.2, 0) is 11.3 Å². The van der Waals surface area contributed by atoms with Gasteiger partial charge in [0.05, 0.1) is 0 Å². The maximum atomic E-state index is 10.6. The lowest BCUT2D eigenvalue weighted by Gasteiger charge is -2.16. The summed E-state index contributed by atoms with van der Waals surface area (Å²) in [6.45, 7) is 2.87. The lowest BCUT2D eigenvalue weighted by molar-refractivity contribution is 0.352. The lowest BCUT2D eigenvalue weighted by atomic mass is 10.1. The van der Waals surface area contributed by atoms with Gasteiger partial charge in [-0.2, -0.15) is 0 Å². The van der Waals surface area contributed by atoms with Crippen molar-refractivity contribution in [1.29, 1.82) is 0 Å². The van der Waals surface area contributed by atoms with Gasteiger partial charge in [0.25, 0.3) is 0 Å². The average Bonchev–Trinajstić information content (AvgIpc) is 2.35. The number of likely N-dealkylation sites (tertiary alicyclic amines) is 1. The van der Waals surface area contributed by atoms with Crippen molar-refractivity contribution >= 4 is 11.3 Å². The first-order valence-corrected chi connectivity index (χ1v) is 5.16. The molecule has 1 fully saturated rings. The first kappa shape index (κ1) is 10.1. The molecular weight excluding hydrogens is 176 g/mol. The van der Waals surface area contributed by atoms with E-state index >= 15 is 0 Å². The van der Waals surface area contributed by atoms with Crippen molar-refractivity contribution < 1.29 is 8.76 Å². The highest BCUT2D eigenvalue weighted by atomic mass is 32.2. The summed E-state index contributed by atoms with van der Waals surface area (Å²) in [5.74, 6) is 0.552. The molecule has 1 rings (SSSR count). The number of hydrogen-bond acceptors (Lipinski definition) is 2. The van der Waals surface area contributed by atoms with E-state index in [9.17, 15) is 4.21 Å². The molecule has 0 aromatic rings. The SMILES string of the molecule is CN1CC[C@H](CN(C)S(=O)O)C1. The Morgan fingerprint density at radius 3 is 2.83 bits per heavy atom. The molecule has 1 heterocycles. The van der Waals surface area contributed by atoms with Gasteiger partial charge in [-0.3, -0.25) is 4.55 Å². The summed E-state index contributed by atoms with van der Waals surface area (Å²) in [6.07, 6.45) is 1.14. The highest BCUT2D eigenvalue weighted by Crippen LogP contribution is 2.15. The minimum atomic E-state index is -1.80. The van der Waals surface area contributed by atoms with Crippen LogP contribution in [0.25, 0.3) is 0 Å². The van der Waals surface area contributed by atoms with Crippen LogP contribution in [0.4, 0.5) is 0 Å². The molecule has 1 saturated heterocycles. The number of nitrogens with zero attached hydrogens (tertiary/aromatic N) is 2. The molecule has 5 heteroatoms. The third-order valence-electron chi connectivity index (χ3n) is 2.27. The fraction of sp³-hybridized carbons (Fsp3) is 1.00. The fourth-order valence-electron chi connectivity index (χ4n) is 1.60. The van der Waals surface area contributed by atoms with Crippen molar-refractivity contribution in [3.63, 3.8) is 0 Å². The van der Waals surface area contributed by atoms with Gasteiger partial charge in [0.15, 0.2) is 0 Å². The van der Waals surface area contributed by atoms with Gasteiger partial charge in [0.2, 0.25) is 11.3 Å². The van der Waals surface area contributed by atoms with Crippen molar-refractivity contribution in [2.24, 2.45) is 5.92 Å². The fourth-order valence-corrected chi connectivity index (χ4v) is 1.94. The van der Waals surface area contributed by atoms with Crippen LogP contribution in [0.1, 0.15) is 6.42 Å². The Morgan fingerprint density at radius 2 is 2.42 bits per heavy atom. The molecule has 1 aliphatic heterocycles. The highest BCUT2D eigenvalue weighted by molar-refractivity contribution is 7.76. The van der Waals surface area contributed by atoms with Gasteiger partial charge in [-0.15, -0.1) is 0 Å². The predicted molar refractivity (Wildman–Crippen MR) is 49.0 cm³/mol. The molecule has 0 aromatic heterocycles. The molecule has 2 atom stereocenters. The Kier molecular flexibility index (Phi) is 3.64. The molecular formula is C7H16N2O2S. The van der Waals surface area contributed by atoms with Crippen LogP contribution in [-0.4, -0.2) is 51.7 Å². The lowest BCUT2D eigenvalue weighted by Crippen LogP contribution is -2.28. The first-order chi connectivity index (χ1) is 5.59. The van der Waals surface area contributed by atoms with Crippen LogP contribution in [0.15, 0.2) is 0 Å². The zero-order chi connectivity index (χ0) is 9.14. The van der Waals surface area contributed by atoms with E-state index in [1.807, 2.05) is 0 Å². The van der Waals surface area contributed by atoms with E-state index in [-0.39, 0.29) is 0 Å². The van der Waals surface area contributed by atoms with Gasteiger partial charge in [-0.1, -0.05) is 0 Å². The van der Waals surface area contributed by atoms with E-state index in [1.54, 1.807) is 7.05 Å². The zero-order valence-electron chi connectivity index (χ0n) is 7.56. The molecule has 0 aromatic carbocycles. The topological polar surface area (TPSA) is 43.8 Å². The summed E-state index contributed by atoms with van der Waals surface area (Å²) in [4.78, 5) is 2.25. The molecule has 1 aliphatic rings. The van der Waals surface area contributed by atoms with Crippen LogP contribution >= 0.6 is 0 Å². The van der Waals surface area contributed by atoms with Gasteiger partial charge in [-0.25, -0.2) is 8.51 Å². The van der Waals surface area contributed by atoms with Crippen molar-refractivity contribution in [3.8, 4) is 0 Å². The second-order valence-corrected chi connectivity index (χ2v) is 4.54. The maximum Gasteiger partial charge on any atom is 0.234 e. The largest absolute Gasteiger partial charge is 0.306 e. The van der Waals surface area contributed by atoms with Crippen molar-refractivity contribution in [3.05, 3.63) is 0 Å². The van der Waals surface area contributed by atoms with E-state index in [0.29, 0.717) is 12.5 Å². The molecule has 0 bridgehead atoms. The number of hydrogen-bond donors (Lipinski definition) is 1. The molecule has 0 amide bonds. The molecule has 72 valence electrons. The quantitative estimate of drug-likeness (QED) is 0.640.